The van der Waals surface area contributed by atoms with Crippen molar-refractivity contribution in [2.24, 2.45) is 0 Å². The number of rotatable bonds is 4. The number of aryl methyl sites for hydroxylation is 1. The number of aromatic nitrogens is 5. The number of ether oxygens (including phenoxy) is 1. The second-order valence-electron chi connectivity index (χ2n) is 7.04. The maximum absolute atomic E-state index is 13.0. The Labute approximate surface area is 153 Å². The van der Waals surface area contributed by atoms with Crippen molar-refractivity contribution >= 4 is 5.91 Å². The fourth-order valence-electron chi connectivity index (χ4n) is 3.83. The van der Waals surface area contributed by atoms with Gasteiger partial charge in [-0.05, 0) is 26.2 Å². The molecular formula is C18H26N6O2. The van der Waals surface area contributed by atoms with Crippen LogP contribution in [-0.2, 0) is 24.2 Å². The molecule has 26 heavy (non-hydrogen) atoms. The van der Waals surface area contributed by atoms with Crippen LogP contribution in [-0.4, -0.2) is 55.0 Å². The van der Waals surface area contributed by atoms with Crippen molar-refractivity contribution in [3.63, 3.8) is 0 Å². The number of fused-ring (bicyclic) bond motifs is 1. The molecule has 0 aliphatic carbocycles. The molecular weight excluding hydrogens is 332 g/mol. The first-order valence-corrected chi connectivity index (χ1v) is 9.54. The molecule has 4 heterocycles. The van der Waals surface area contributed by atoms with E-state index in [2.05, 4.69) is 26.8 Å². The van der Waals surface area contributed by atoms with Crippen molar-refractivity contribution in [2.45, 2.75) is 58.7 Å². The van der Waals surface area contributed by atoms with E-state index in [9.17, 15) is 4.79 Å². The van der Waals surface area contributed by atoms with E-state index in [0.29, 0.717) is 31.6 Å². The molecule has 0 unspecified atom stereocenters. The summed E-state index contributed by atoms with van der Waals surface area (Å²) in [4.78, 5) is 14.9. The van der Waals surface area contributed by atoms with Gasteiger partial charge in [-0.3, -0.25) is 9.48 Å². The number of amides is 1. The average Bonchev–Trinajstić information content (AvgIpc) is 3.34. The zero-order valence-electron chi connectivity index (χ0n) is 15.5. The smallest absolute Gasteiger partial charge is 0.257 e. The molecule has 2 aliphatic heterocycles. The first-order valence-electron chi connectivity index (χ1n) is 9.54. The van der Waals surface area contributed by atoms with Crippen LogP contribution in [0.1, 0.15) is 60.0 Å². The Morgan fingerprint density at radius 2 is 2.19 bits per heavy atom. The number of carbonyl (C=O) groups is 1. The minimum Gasteiger partial charge on any atom is -0.370 e. The third-order valence-corrected chi connectivity index (χ3v) is 5.33. The van der Waals surface area contributed by atoms with Gasteiger partial charge in [-0.1, -0.05) is 6.92 Å². The summed E-state index contributed by atoms with van der Waals surface area (Å²) in [6, 6.07) is 0. The van der Waals surface area contributed by atoms with Gasteiger partial charge in [0.2, 0.25) is 0 Å². The normalized spacial score (nSPS) is 20.2. The average molecular weight is 358 g/mol. The molecule has 0 radical (unpaired) electrons. The first-order chi connectivity index (χ1) is 12.7. The molecule has 0 N–H and O–H groups in total. The van der Waals surface area contributed by atoms with Crippen LogP contribution in [0.5, 0.6) is 0 Å². The largest absolute Gasteiger partial charge is 0.370 e. The molecule has 2 aliphatic rings. The second-order valence-corrected chi connectivity index (χ2v) is 7.04. The number of hydrogen-bond donors (Lipinski definition) is 0. The summed E-state index contributed by atoms with van der Waals surface area (Å²) in [5.41, 5.74) is 1.65. The summed E-state index contributed by atoms with van der Waals surface area (Å²) >= 11 is 0. The Morgan fingerprint density at radius 3 is 2.96 bits per heavy atom. The van der Waals surface area contributed by atoms with Gasteiger partial charge in [-0.25, -0.2) is 0 Å². The molecule has 0 saturated carbocycles. The fraction of sp³-hybridized carbons (Fsp3) is 0.667. The zero-order chi connectivity index (χ0) is 18.1. The highest BCUT2D eigenvalue weighted by Gasteiger charge is 2.29. The molecule has 1 amide bonds. The van der Waals surface area contributed by atoms with Crippen molar-refractivity contribution < 1.29 is 9.53 Å². The lowest BCUT2D eigenvalue weighted by atomic mass is 10.2. The van der Waals surface area contributed by atoms with Crippen molar-refractivity contribution in [2.75, 3.05) is 19.7 Å². The van der Waals surface area contributed by atoms with E-state index < -0.39 is 0 Å². The van der Waals surface area contributed by atoms with Crippen molar-refractivity contribution in [3.05, 3.63) is 29.1 Å². The Balaban J connectivity index is 1.49. The predicted octanol–water partition coefficient (Wildman–Crippen LogP) is 1.74. The summed E-state index contributed by atoms with van der Waals surface area (Å²) in [6.45, 7) is 7.73. The van der Waals surface area contributed by atoms with E-state index in [-0.39, 0.29) is 12.0 Å². The predicted molar refractivity (Wildman–Crippen MR) is 94.8 cm³/mol. The second kappa shape index (κ2) is 7.19. The first kappa shape index (κ1) is 17.2. The molecule has 8 heteroatoms. The van der Waals surface area contributed by atoms with Crippen LogP contribution in [0.15, 0.2) is 6.20 Å². The number of hydrogen-bond acceptors (Lipinski definition) is 5. The van der Waals surface area contributed by atoms with Crippen molar-refractivity contribution in [1.82, 2.24) is 29.4 Å². The van der Waals surface area contributed by atoms with Crippen LogP contribution in [0.25, 0.3) is 0 Å². The van der Waals surface area contributed by atoms with Crippen molar-refractivity contribution in [1.29, 1.82) is 0 Å². The highest BCUT2D eigenvalue weighted by Crippen LogP contribution is 2.28. The highest BCUT2D eigenvalue weighted by atomic mass is 16.5. The molecule has 140 valence electrons. The number of carbonyl (C=O) groups excluding carboxylic acids is 1. The van der Waals surface area contributed by atoms with E-state index in [1.807, 2.05) is 16.5 Å². The van der Waals surface area contributed by atoms with Gasteiger partial charge in [0.25, 0.3) is 5.91 Å². The maximum atomic E-state index is 13.0. The standard InChI is InChI=1S/C18H26N6O2/c1-3-7-24-13(2)14(12-19-24)18(25)22-8-6-16-20-21-17(23(16)10-9-22)15-5-4-11-26-15/h12,15H,3-11H2,1-2H3/t15-/m1/s1. The summed E-state index contributed by atoms with van der Waals surface area (Å²) in [7, 11) is 0. The minimum absolute atomic E-state index is 0.0491. The third-order valence-electron chi connectivity index (χ3n) is 5.33. The molecule has 4 rings (SSSR count). The summed E-state index contributed by atoms with van der Waals surface area (Å²) < 4.78 is 9.84. The van der Waals surface area contributed by atoms with Gasteiger partial charge in [0, 0.05) is 44.9 Å². The third kappa shape index (κ3) is 3.02. The Bertz CT molecular complexity index is 790. The SMILES string of the molecule is CCCn1ncc(C(=O)N2CCc3nnc([C@H]4CCCO4)n3CC2)c1C. The Hall–Kier alpha value is -2.22. The van der Waals surface area contributed by atoms with Crippen LogP contribution in [0.3, 0.4) is 0 Å². The molecule has 0 spiro atoms. The van der Waals surface area contributed by atoms with Gasteiger partial charge in [0.15, 0.2) is 5.82 Å². The van der Waals surface area contributed by atoms with E-state index >= 15 is 0 Å². The molecule has 8 nitrogen and oxygen atoms in total. The maximum Gasteiger partial charge on any atom is 0.257 e. The van der Waals surface area contributed by atoms with Gasteiger partial charge in [0.05, 0.1) is 11.8 Å². The summed E-state index contributed by atoms with van der Waals surface area (Å²) in [6.07, 6.45) is 5.53. The van der Waals surface area contributed by atoms with E-state index in [0.717, 1.165) is 49.8 Å². The van der Waals surface area contributed by atoms with E-state index in [4.69, 9.17) is 4.74 Å². The Morgan fingerprint density at radius 1 is 1.31 bits per heavy atom. The molecule has 2 aromatic rings. The highest BCUT2D eigenvalue weighted by molar-refractivity contribution is 5.95. The van der Waals surface area contributed by atoms with Crippen LogP contribution < -0.4 is 0 Å². The zero-order valence-corrected chi connectivity index (χ0v) is 15.5. The van der Waals surface area contributed by atoms with E-state index in [1.165, 1.54) is 0 Å². The van der Waals surface area contributed by atoms with E-state index in [1.54, 1.807) is 6.20 Å². The van der Waals surface area contributed by atoms with Gasteiger partial charge < -0.3 is 14.2 Å². The lowest BCUT2D eigenvalue weighted by Gasteiger charge is -2.20. The van der Waals surface area contributed by atoms with Gasteiger partial charge in [-0.2, -0.15) is 5.10 Å². The van der Waals surface area contributed by atoms with Gasteiger partial charge in [-0.15, -0.1) is 10.2 Å². The summed E-state index contributed by atoms with van der Waals surface area (Å²) in [5.74, 6) is 1.92. The van der Waals surface area contributed by atoms with Crippen LogP contribution >= 0.6 is 0 Å². The topological polar surface area (TPSA) is 78.1 Å². The van der Waals surface area contributed by atoms with Gasteiger partial charge >= 0.3 is 0 Å². The van der Waals surface area contributed by atoms with Gasteiger partial charge in [0.1, 0.15) is 11.9 Å². The fourth-order valence-corrected chi connectivity index (χ4v) is 3.83. The molecule has 1 fully saturated rings. The van der Waals surface area contributed by atoms with Crippen LogP contribution in [0.4, 0.5) is 0 Å². The lowest BCUT2D eigenvalue weighted by molar-refractivity contribution is 0.0755. The lowest BCUT2D eigenvalue weighted by Crippen LogP contribution is -2.34. The quantitative estimate of drug-likeness (QED) is 0.832. The van der Waals surface area contributed by atoms with Crippen LogP contribution in [0.2, 0.25) is 0 Å². The molecule has 0 bridgehead atoms. The summed E-state index contributed by atoms with van der Waals surface area (Å²) in [5, 5.41) is 13.1. The molecule has 1 saturated heterocycles. The number of nitrogens with zero attached hydrogens (tertiary/aromatic N) is 6. The minimum atomic E-state index is 0.0491. The molecule has 2 aromatic heterocycles. The molecule has 0 aromatic carbocycles. The monoisotopic (exact) mass is 358 g/mol. The Kier molecular flexibility index (Phi) is 4.76. The molecule has 1 atom stereocenters. The van der Waals surface area contributed by atoms with Crippen LogP contribution in [0, 0.1) is 6.92 Å². The van der Waals surface area contributed by atoms with Crippen molar-refractivity contribution in [3.8, 4) is 0 Å².